The lowest BCUT2D eigenvalue weighted by molar-refractivity contribution is 0.0531. The predicted octanol–water partition coefficient (Wildman–Crippen LogP) is 3.82. The largest absolute Gasteiger partial charge is 0.462 e. The molecule has 2 heterocycles. The van der Waals surface area contributed by atoms with Crippen molar-refractivity contribution in [1.82, 2.24) is 9.97 Å². The summed E-state index contributed by atoms with van der Waals surface area (Å²) >= 11 is 4.60. The van der Waals surface area contributed by atoms with Gasteiger partial charge in [0.1, 0.15) is 15.5 Å². The molecule has 0 amide bonds. The number of esters is 1. The van der Waals surface area contributed by atoms with Gasteiger partial charge in [0.05, 0.1) is 12.0 Å². The molecule has 1 N–H and O–H groups in total. The zero-order valence-electron chi connectivity index (χ0n) is 13.2. The number of hydrogen-bond acceptors (Lipinski definition) is 5. The van der Waals surface area contributed by atoms with Crippen LogP contribution >= 0.6 is 27.3 Å². The maximum atomic E-state index is 12.4. The van der Waals surface area contributed by atoms with E-state index in [4.69, 9.17) is 4.74 Å². The van der Waals surface area contributed by atoms with E-state index in [9.17, 15) is 9.59 Å². The quantitative estimate of drug-likeness (QED) is 0.668. The molecule has 0 bridgehead atoms. The molecular weight excluding hydrogens is 392 g/mol. The molecule has 24 heavy (non-hydrogen) atoms. The van der Waals surface area contributed by atoms with Crippen molar-refractivity contribution in [2.45, 2.75) is 20.3 Å². The number of ether oxygens (including phenoxy) is 1. The third-order valence-electron chi connectivity index (χ3n) is 3.60. The molecule has 0 saturated carbocycles. The Hall–Kier alpha value is -1.99. The van der Waals surface area contributed by atoms with E-state index in [-0.39, 0.29) is 5.56 Å². The highest BCUT2D eigenvalue weighted by Crippen LogP contribution is 2.27. The van der Waals surface area contributed by atoms with E-state index in [1.54, 1.807) is 13.8 Å². The maximum absolute atomic E-state index is 12.4. The first-order valence-electron chi connectivity index (χ1n) is 7.43. The Kier molecular flexibility index (Phi) is 4.82. The van der Waals surface area contributed by atoms with Crippen molar-refractivity contribution in [3.05, 3.63) is 60.9 Å². The summed E-state index contributed by atoms with van der Waals surface area (Å²) in [5.41, 5.74) is 1.44. The van der Waals surface area contributed by atoms with Crippen LogP contribution in [0, 0.1) is 6.92 Å². The summed E-state index contributed by atoms with van der Waals surface area (Å²) in [6, 6.07) is 7.83. The van der Waals surface area contributed by atoms with Crippen molar-refractivity contribution in [2.24, 2.45) is 0 Å². The lowest BCUT2D eigenvalue weighted by Gasteiger charge is -2.02. The van der Waals surface area contributed by atoms with Gasteiger partial charge in [-0.2, -0.15) is 0 Å². The molecule has 124 valence electrons. The number of benzene rings is 1. The molecule has 0 unspecified atom stereocenters. The van der Waals surface area contributed by atoms with Crippen LogP contribution in [0.25, 0.3) is 10.2 Å². The zero-order chi connectivity index (χ0) is 17.3. The number of carbonyl (C=O) groups is 1. The van der Waals surface area contributed by atoms with Crippen molar-refractivity contribution in [2.75, 3.05) is 6.61 Å². The number of hydrogen-bond donors (Lipinski definition) is 1. The lowest BCUT2D eigenvalue weighted by Crippen LogP contribution is -2.12. The van der Waals surface area contributed by atoms with Gasteiger partial charge in [-0.05, 0) is 37.1 Å². The summed E-state index contributed by atoms with van der Waals surface area (Å²) in [6.07, 6.45) is 0.518. The van der Waals surface area contributed by atoms with E-state index in [0.717, 1.165) is 10.0 Å². The predicted molar refractivity (Wildman–Crippen MR) is 97.9 cm³/mol. The van der Waals surface area contributed by atoms with E-state index in [1.807, 2.05) is 24.3 Å². The summed E-state index contributed by atoms with van der Waals surface area (Å²) in [7, 11) is 0. The molecule has 0 aliphatic carbocycles. The first kappa shape index (κ1) is 16.9. The first-order valence-corrected chi connectivity index (χ1v) is 9.04. The number of aryl methyl sites for hydroxylation is 1. The minimum Gasteiger partial charge on any atom is -0.462 e. The molecule has 7 heteroatoms. The fourth-order valence-electron chi connectivity index (χ4n) is 2.46. The molecule has 0 aliphatic rings. The maximum Gasteiger partial charge on any atom is 0.348 e. The van der Waals surface area contributed by atoms with Crippen LogP contribution in [0.4, 0.5) is 0 Å². The Morgan fingerprint density at radius 2 is 2.04 bits per heavy atom. The van der Waals surface area contributed by atoms with Crippen LogP contribution in [0.2, 0.25) is 0 Å². The van der Waals surface area contributed by atoms with Crippen LogP contribution < -0.4 is 5.56 Å². The summed E-state index contributed by atoms with van der Waals surface area (Å²) in [5, 5.41) is 0.461. The van der Waals surface area contributed by atoms with Crippen LogP contribution in [-0.4, -0.2) is 22.5 Å². The molecule has 0 saturated heterocycles. The number of H-pyrrole nitrogens is 1. The van der Waals surface area contributed by atoms with Crippen molar-refractivity contribution in [3.8, 4) is 0 Å². The third-order valence-corrected chi connectivity index (χ3v) is 5.29. The fourth-order valence-corrected chi connectivity index (χ4v) is 3.82. The monoisotopic (exact) mass is 406 g/mol. The van der Waals surface area contributed by atoms with Gasteiger partial charge in [0.15, 0.2) is 0 Å². The van der Waals surface area contributed by atoms with Gasteiger partial charge in [-0.1, -0.05) is 28.1 Å². The number of aromatic nitrogens is 2. The molecule has 0 aliphatic heterocycles. The number of nitrogens with one attached hydrogen (secondary N) is 1. The van der Waals surface area contributed by atoms with Crippen molar-refractivity contribution < 1.29 is 9.53 Å². The summed E-state index contributed by atoms with van der Waals surface area (Å²) in [4.78, 5) is 32.7. The second kappa shape index (κ2) is 6.86. The minimum atomic E-state index is -0.410. The molecule has 0 fully saturated rings. The Labute approximate surface area is 150 Å². The highest BCUT2D eigenvalue weighted by molar-refractivity contribution is 9.10. The highest BCUT2D eigenvalue weighted by atomic mass is 79.9. The number of rotatable bonds is 4. The Morgan fingerprint density at radius 1 is 1.33 bits per heavy atom. The van der Waals surface area contributed by atoms with Crippen LogP contribution in [0.15, 0.2) is 33.5 Å². The first-order chi connectivity index (χ1) is 11.5. The number of thiophene rings is 1. The third kappa shape index (κ3) is 3.27. The molecule has 3 rings (SSSR count). The van der Waals surface area contributed by atoms with E-state index in [2.05, 4.69) is 25.9 Å². The van der Waals surface area contributed by atoms with Crippen LogP contribution in [0.1, 0.15) is 33.5 Å². The van der Waals surface area contributed by atoms with E-state index in [0.29, 0.717) is 39.5 Å². The van der Waals surface area contributed by atoms with Gasteiger partial charge in [-0.25, -0.2) is 9.78 Å². The Morgan fingerprint density at radius 3 is 2.71 bits per heavy atom. The van der Waals surface area contributed by atoms with Crippen molar-refractivity contribution in [1.29, 1.82) is 0 Å². The normalized spacial score (nSPS) is 11.0. The van der Waals surface area contributed by atoms with Gasteiger partial charge >= 0.3 is 5.97 Å². The van der Waals surface area contributed by atoms with Gasteiger partial charge in [0, 0.05) is 10.9 Å². The van der Waals surface area contributed by atoms with Gasteiger partial charge < -0.3 is 9.72 Å². The Bertz CT molecular complexity index is 960. The minimum absolute atomic E-state index is 0.226. The zero-order valence-corrected chi connectivity index (χ0v) is 15.6. The molecule has 0 atom stereocenters. The van der Waals surface area contributed by atoms with Crippen LogP contribution in [0.5, 0.6) is 0 Å². The van der Waals surface area contributed by atoms with Gasteiger partial charge in [-0.3, -0.25) is 4.79 Å². The lowest BCUT2D eigenvalue weighted by atomic mass is 10.1. The molecule has 0 radical (unpaired) electrons. The smallest absolute Gasteiger partial charge is 0.348 e. The number of halogens is 1. The van der Waals surface area contributed by atoms with E-state index < -0.39 is 5.97 Å². The van der Waals surface area contributed by atoms with Crippen molar-refractivity contribution >= 4 is 43.5 Å². The molecule has 5 nitrogen and oxygen atoms in total. The molecular formula is C17H15BrN2O3S. The van der Waals surface area contributed by atoms with Gasteiger partial charge in [-0.15, -0.1) is 11.3 Å². The summed E-state index contributed by atoms with van der Waals surface area (Å²) in [6.45, 7) is 3.80. The Balaban J connectivity index is 2.02. The molecule has 3 aromatic rings. The highest BCUT2D eigenvalue weighted by Gasteiger charge is 2.20. The second-order valence-corrected chi connectivity index (χ2v) is 7.19. The molecule has 0 spiro atoms. The molecule has 1 aromatic carbocycles. The van der Waals surface area contributed by atoms with E-state index >= 15 is 0 Å². The summed E-state index contributed by atoms with van der Waals surface area (Å²) < 4.78 is 6.04. The second-order valence-electron chi connectivity index (χ2n) is 5.27. The summed E-state index contributed by atoms with van der Waals surface area (Å²) in [5.74, 6) is 0.165. The SMILES string of the molecule is CCOC(=O)c1sc2nc(Cc3ccc(Br)cc3)[nH]c(=O)c2c1C. The number of aromatic amines is 1. The number of fused-ring (bicyclic) bond motifs is 1. The van der Waals surface area contributed by atoms with E-state index in [1.165, 1.54) is 11.3 Å². The van der Waals surface area contributed by atoms with Crippen molar-refractivity contribution in [3.63, 3.8) is 0 Å². The van der Waals surface area contributed by atoms with Gasteiger partial charge in [0.2, 0.25) is 0 Å². The average molecular weight is 407 g/mol. The van der Waals surface area contributed by atoms with Crippen LogP contribution in [0.3, 0.4) is 0 Å². The van der Waals surface area contributed by atoms with Gasteiger partial charge in [0.25, 0.3) is 5.56 Å². The van der Waals surface area contributed by atoms with Crippen LogP contribution in [-0.2, 0) is 11.2 Å². The number of nitrogens with zero attached hydrogens (tertiary/aromatic N) is 1. The topological polar surface area (TPSA) is 72.0 Å². The molecule has 2 aromatic heterocycles. The average Bonchev–Trinajstić information content (AvgIpc) is 2.87. The standard InChI is InChI=1S/C17H15BrN2O3S/c1-3-23-17(22)14-9(2)13-15(21)19-12(20-16(13)24-14)8-10-4-6-11(18)7-5-10/h4-7H,3,8H2,1-2H3,(H,19,20,21). The number of carbonyl (C=O) groups excluding carboxylic acids is 1. The fraction of sp³-hybridized carbons (Fsp3) is 0.235.